The van der Waals surface area contributed by atoms with Crippen LogP contribution in [0.15, 0.2) is 78.9 Å². The highest BCUT2D eigenvalue weighted by atomic mass is 127. The molecule has 3 rings (SSSR count). The minimum Gasteiger partial charge on any atom is -0.332 e. The van der Waals surface area contributed by atoms with Crippen molar-refractivity contribution in [1.29, 1.82) is 0 Å². The van der Waals surface area contributed by atoms with E-state index in [1.165, 1.54) is 12.1 Å². The third-order valence-electron chi connectivity index (χ3n) is 4.30. The number of hydrogen-bond acceptors (Lipinski definition) is 2. The van der Waals surface area contributed by atoms with E-state index in [1.54, 1.807) is 22.6 Å². The van der Waals surface area contributed by atoms with E-state index in [2.05, 4.69) is 10.6 Å². The number of carbonyl (C=O) groups excluding carboxylic acids is 1. The summed E-state index contributed by atoms with van der Waals surface area (Å²) in [5, 5.41) is 4.84. The normalized spacial score (nSPS) is 11.2. The van der Waals surface area contributed by atoms with E-state index in [4.69, 9.17) is 12.2 Å². The Labute approximate surface area is 190 Å². The van der Waals surface area contributed by atoms with E-state index in [0.717, 1.165) is 17.2 Å². The van der Waals surface area contributed by atoms with Crippen molar-refractivity contribution in [3.05, 3.63) is 99.1 Å². The van der Waals surface area contributed by atoms with E-state index in [9.17, 15) is 18.0 Å². The zero-order chi connectivity index (χ0) is 21.7. The zero-order valence-corrected chi connectivity index (χ0v) is 18.4. The van der Waals surface area contributed by atoms with E-state index in [-0.39, 0.29) is 10.8 Å². The lowest BCUT2D eigenvalue weighted by molar-refractivity contribution is -0.137. The highest BCUT2D eigenvalue weighted by molar-refractivity contribution is 14.1. The molecule has 0 aliphatic rings. The van der Waals surface area contributed by atoms with Gasteiger partial charge in [-0.25, -0.2) is 0 Å². The van der Waals surface area contributed by atoms with Crippen LogP contribution >= 0.6 is 34.8 Å². The summed E-state index contributed by atoms with van der Waals surface area (Å²) in [7, 11) is 0. The third-order valence-corrected chi connectivity index (χ3v) is 5.18. The minimum absolute atomic E-state index is 0.205. The second-order valence-electron chi connectivity index (χ2n) is 6.39. The van der Waals surface area contributed by atoms with Crippen LogP contribution in [0.1, 0.15) is 22.6 Å². The fourth-order valence-corrected chi connectivity index (χ4v) is 3.69. The van der Waals surface area contributed by atoms with Gasteiger partial charge in [0, 0.05) is 3.57 Å². The Morgan fingerprint density at radius 2 is 1.43 bits per heavy atom. The maximum absolute atomic E-state index is 13.3. The molecule has 0 spiro atoms. The first-order valence-electron chi connectivity index (χ1n) is 8.84. The van der Waals surface area contributed by atoms with Gasteiger partial charge in [0.1, 0.15) is 0 Å². The minimum atomic E-state index is -4.56. The van der Waals surface area contributed by atoms with Gasteiger partial charge in [0.25, 0.3) is 0 Å². The zero-order valence-electron chi connectivity index (χ0n) is 15.4. The molecule has 3 aromatic carbocycles. The van der Waals surface area contributed by atoms with Gasteiger partial charge in [-0.3, -0.25) is 4.79 Å². The first-order valence-corrected chi connectivity index (χ1v) is 10.3. The largest absolute Gasteiger partial charge is 0.418 e. The number of anilines is 1. The molecule has 2 N–H and O–H groups in total. The Kier molecular flexibility index (Phi) is 7.09. The fraction of sp³-hybridized carbons (Fsp3) is 0.0909. The van der Waals surface area contributed by atoms with Gasteiger partial charge >= 0.3 is 6.18 Å². The summed E-state index contributed by atoms with van der Waals surface area (Å²) in [5.74, 6) is -1.10. The molecule has 0 bridgehead atoms. The van der Waals surface area contributed by atoms with Crippen LogP contribution in [0.3, 0.4) is 0 Å². The molecule has 0 aliphatic carbocycles. The second kappa shape index (κ2) is 9.57. The van der Waals surface area contributed by atoms with Crippen LogP contribution in [-0.2, 0) is 11.0 Å². The monoisotopic (exact) mass is 540 g/mol. The van der Waals surface area contributed by atoms with Crippen LogP contribution < -0.4 is 10.6 Å². The van der Waals surface area contributed by atoms with Crippen molar-refractivity contribution in [2.24, 2.45) is 0 Å². The Balaban J connectivity index is 1.83. The van der Waals surface area contributed by atoms with Crippen molar-refractivity contribution in [2.45, 2.75) is 12.1 Å². The number of nitrogens with one attached hydrogen (secondary N) is 2. The van der Waals surface area contributed by atoms with Gasteiger partial charge < -0.3 is 10.6 Å². The first kappa shape index (κ1) is 22.2. The topological polar surface area (TPSA) is 41.1 Å². The molecule has 3 nitrogen and oxygen atoms in total. The molecule has 0 unspecified atom stereocenters. The predicted octanol–water partition coefficient (Wildman–Crippen LogP) is 5.96. The number of carbonyl (C=O) groups is 1. The Morgan fingerprint density at radius 1 is 0.900 bits per heavy atom. The van der Waals surface area contributed by atoms with Gasteiger partial charge in [-0.05, 0) is 64.1 Å². The number of benzene rings is 3. The smallest absolute Gasteiger partial charge is 0.332 e. The van der Waals surface area contributed by atoms with Gasteiger partial charge in [0.15, 0.2) is 5.11 Å². The number of hydrogen-bond donors (Lipinski definition) is 2. The van der Waals surface area contributed by atoms with Gasteiger partial charge in [-0.2, -0.15) is 13.2 Å². The molecule has 8 heteroatoms. The molecule has 1 amide bonds. The summed E-state index contributed by atoms with van der Waals surface area (Å²) in [6.45, 7) is 0. The third kappa shape index (κ3) is 5.57. The highest BCUT2D eigenvalue weighted by Crippen LogP contribution is 2.35. The van der Waals surface area contributed by atoms with E-state index < -0.39 is 23.6 Å². The van der Waals surface area contributed by atoms with Crippen LogP contribution in [0.2, 0.25) is 0 Å². The van der Waals surface area contributed by atoms with E-state index >= 15 is 0 Å². The van der Waals surface area contributed by atoms with Crippen molar-refractivity contribution in [3.8, 4) is 0 Å². The summed E-state index contributed by atoms with van der Waals surface area (Å²) in [5.41, 5.74) is 0.418. The molecule has 154 valence electrons. The van der Waals surface area contributed by atoms with Crippen LogP contribution in [0.4, 0.5) is 18.9 Å². The summed E-state index contributed by atoms with van der Waals surface area (Å²) in [6.07, 6.45) is -4.56. The summed E-state index contributed by atoms with van der Waals surface area (Å²) in [4.78, 5) is 13.0. The van der Waals surface area contributed by atoms with Crippen molar-refractivity contribution < 1.29 is 18.0 Å². The number of amides is 1. The van der Waals surface area contributed by atoms with Crippen LogP contribution in [-0.4, -0.2) is 11.0 Å². The molecule has 0 aromatic heterocycles. The van der Waals surface area contributed by atoms with Gasteiger partial charge in [0.2, 0.25) is 5.91 Å². The second-order valence-corrected chi connectivity index (χ2v) is 8.04. The number of alkyl halides is 3. The van der Waals surface area contributed by atoms with Crippen LogP contribution in [0.5, 0.6) is 0 Å². The summed E-state index contributed by atoms with van der Waals surface area (Å²) < 4.78 is 40.5. The summed E-state index contributed by atoms with van der Waals surface area (Å²) in [6, 6.07) is 22.0. The molecule has 0 atom stereocenters. The summed E-state index contributed by atoms with van der Waals surface area (Å²) >= 11 is 6.94. The standard InChI is InChI=1S/C22H16F3IN2OS/c23-22(24,25)17-13-16(26)11-12-18(17)27-21(30)28-20(29)19(14-7-3-1-4-8-14)15-9-5-2-6-10-15/h1-13,19H,(H2,27,28,29,30). The number of thiocarbonyl (C=S) groups is 1. The SMILES string of the molecule is O=C(NC(=S)Nc1ccc(I)cc1C(F)(F)F)C(c1ccccc1)c1ccccc1. The Hall–Kier alpha value is -2.46. The maximum atomic E-state index is 13.3. The van der Waals surface area contributed by atoms with Gasteiger partial charge in [-0.15, -0.1) is 0 Å². The van der Waals surface area contributed by atoms with Gasteiger partial charge in [-0.1, -0.05) is 60.7 Å². The molecule has 30 heavy (non-hydrogen) atoms. The number of rotatable bonds is 4. The Morgan fingerprint density at radius 3 is 1.93 bits per heavy atom. The lowest BCUT2D eigenvalue weighted by Crippen LogP contribution is -2.38. The highest BCUT2D eigenvalue weighted by Gasteiger charge is 2.34. The van der Waals surface area contributed by atoms with E-state index in [1.807, 2.05) is 60.7 Å². The molecule has 0 heterocycles. The lowest BCUT2D eigenvalue weighted by Gasteiger charge is -2.20. The molecular weight excluding hydrogens is 524 g/mol. The fourth-order valence-electron chi connectivity index (χ4n) is 2.98. The maximum Gasteiger partial charge on any atom is 0.418 e. The van der Waals surface area contributed by atoms with Crippen molar-refractivity contribution in [1.82, 2.24) is 5.32 Å². The Bertz CT molecular complexity index is 1000. The van der Waals surface area contributed by atoms with Crippen LogP contribution in [0.25, 0.3) is 0 Å². The van der Waals surface area contributed by atoms with Crippen LogP contribution in [0, 0.1) is 3.57 Å². The molecule has 0 aliphatic heterocycles. The first-order chi connectivity index (χ1) is 14.3. The average molecular weight is 540 g/mol. The lowest BCUT2D eigenvalue weighted by atomic mass is 9.90. The predicted molar refractivity (Wildman–Crippen MR) is 123 cm³/mol. The van der Waals surface area contributed by atoms with Crippen molar-refractivity contribution in [3.63, 3.8) is 0 Å². The molecule has 3 aromatic rings. The number of halogens is 4. The molecule has 0 saturated heterocycles. The average Bonchev–Trinajstić information content (AvgIpc) is 2.70. The van der Waals surface area contributed by atoms with Crippen molar-refractivity contribution in [2.75, 3.05) is 5.32 Å². The van der Waals surface area contributed by atoms with Gasteiger partial charge in [0.05, 0.1) is 17.2 Å². The molecule has 0 radical (unpaired) electrons. The molecule has 0 fully saturated rings. The molecule has 0 saturated carbocycles. The van der Waals surface area contributed by atoms with Crippen molar-refractivity contribution >= 4 is 51.5 Å². The quantitative estimate of drug-likeness (QED) is 0.317. The molecular formula is C22H16F3IN2OS. The van der Waals surface area contributed by atoms with E-state index in [0.29, 0.717) is 3.57 Å².